The zero-order valence-electron chi connectivity index (χ0n) is 15.1. The molecule has 25 heavy (non-hydrogen) atoms. The van der Waals surface area contributed by atoms with E-state index in [4.69, 9.17) is 0 Å². The number of nitrogens with zero attached hydrogens (tertiary/aromatic N) is 1. The standard InChI is InChI=1S/C18H27BrN2O3S/c1-13(2)6-7-14(3)20-18(22)16-12-15(8-9-17(16)19)25(23,24)21-10-4-5-11-21/h8-9,12-14H,4-7,10-11H2,1-3H3,(H,20,22). The molecule has 0 radical (unpaired) electrons. The average molecular weight is 431 g/mol. The van der Waals surface area contributed by atoms with E-state index < -0.39 is 10.0 Å². The van der Waals surface area contributed by atoms with Crippen molar-refractivity contribution in [3.8, 4) is 0 Å². The van der Waals surface area contributed by atoms with E-state index in [1.807, 2.05) is 6.92 Å². The van der Waals surface area contributed by atoms with Crippen molar-refractivity contribution >= 4 is 31.9 Å². The normalized spacial score (nSPS) is 17.0. The largest absolute Gasteiger partial charge is 0.350 e. The predicted octanol–water partition coefficient (Wildman–Crippen LogP) is 3.79. The van der Waals surface area contributed by atoms with Crippen LogP contribution in [0.25, 0.3) is 0 Å². The fraction of sp³-hybridized carbons (Fsp3) is 0.611. The molecule has 1 saturated heterocycles. The predicted molar refractivity (Wildman–Crippen MR) is 103 cm³/mol. The average Bonchev–Trinajstić information content (AvgIpc) is 3.08. The van der Waals surface area contributed by atoms with Crippen molar-refractivity contribution in [2.45, 2.75) is 57.4 Å². The van der Waals surface area contributed by atoms with E-state index in [0.717, 1.165) is 25.7 Å². The first-order chi connectivity index (χ1) is 11.7. The molecular weight excluding hydrogens is 404 g/mol. The second-order valence-electron chi connectivity index (χ2n) is 7.10. The van der Waals surface area contributed by atoms with E-state index in [1.165, 1.54) is 10.4 Å². The Kier molecular flexibility index (Phi) is 7.05. The van der Waals surface area contributed by atoms with Crippen LogP contribution < -0.4 is 5.32 Å². The van der Waals surface area contributed by atoms with Crippen LogP contribution in [-0.4, -0.2) is 37.8 Å². The lowest BCUT2D eigenvalue weighted by Crippen LogP contribution is -2.33. The third kappa shape index (κ3) is 5.28. The smallest absolute Gasteiger partial charge is 0.252 e. The number of hydrogen-bond acceptors (Lipinski definition) is 3. The van der Waals surface area contributed by atoms with Crippen molar-refractivity contribution in [1.29, 1.82) is 0 Å². The highest BCUT2D eigenvalue weighted by Crippen LogP contribution is 2.25. The highest BCUT2D eigenvalue weighted by Gasteiger charge is 2.28. The zero-order chi connectivity index (χ0) is 18.6. The third-order valence-corrected chi connectivity index (χ3v) is 7.03. The molecule has 0 spiro atoms. The Hall–Kier alpha value is -0.920. The minimum absolute atomic E-state index is 0.0423. The van der Waals surface area contributed by atoms with Crippen molar-refractivity contribution in [3.05, 3.63) is 28.2 Å². The lowest BCUT2D eigenvalue weighted by atomic mass is 10.0. The Labute approximate surface area is 159 Å². The zero-order valence-corrected chi connectivity index (χ0v) is 17.5. The molecular formula is C18H27BrN2O3S. The van der Waals surface area contributed by atoms with Gasteiger partial charge in [-0.2, -0.15) is 4.31 Å². The molecule has 1 heterocycles. The first-order valence-electron chi connectivity index (χ1n) is 8.82. The van der Waals surface area contributed by atoms with Gasteiger partial charge in [-0.05, 0) is 72.7 Å². The van der Waals surface area contributed by atoms with E-state index in [2.05, 4.69) is 35.1 Å². The van der Waals surface area contributed by atoms with E-state index in [0.29, 0.717) is 29.0 Å². The Morgan fingerprint density at radius 2 is 1.84 bits per heavy atom. The van der Waals surface area contributed by atoms with Crippen LogP contribution in [0.1, 0.15) is 56.8 Å². The van der Waals surface area contributed by atoms with Crippen molar-refractivity contribution in [2.75, 3.05) is 13.1 Å². The lowest BCUT2D eigenvalue weighted by Gasteiger charge is -2.18. The molecule has 1 aliphatic heterocycles. The number of rotatable bonds is 7. The summed E-state index contributed by atoms with van der Waals surface area (Å²) in [6.07, 6.45) is 3.70. The van der Waals surface area contributed by atoms with Crippen LogP contribution in [0.2, 0.25) is 0 Å². The SMILES string of the molecule is CC(C)CCC(C)NC(=O)c1cc(S(=O)(=O)N2CCCC2)ccc1Br. The van der Waals surface area contributed by atoms with Crippen LogP contribution in [0, 0.1) is 5.92 Å². The Morgan fingerprint density at radius 1 is 1.20 bits per heavy atom. The lowest BCUT2D eigenvalue weighted by molar-refractivity contribution is 0.0936. The van der Waals surface area contributed by atoms with Gasteiger partial charge in [0.2, 0.25) is 10.0 Å². The number of nitrogens with one attached hydrogen (secondary N) is 1. The van der Waals surface area contributed by atoms with Gasteiger partial charge >= 0.3 is 0 Å². The summed E-state index contributed by atoms with van der Waals surface area (Å²) in [6, 6.07) is 4.70. The molecule has 140 valence electrons. The maximum atomic E-state index is 12.7. The maximum Gasteiger partial charge on any atom is 0.252 e. The molecule has 7 heteroatoms. The molecule has 1 N–H and O–H groups in total. The van der Waals surface area contributed by atoms with Gasteiger partial charge in [0, 0.05) is 23.6 Å². The first-order valence-corrected chi connectivity index (χ1v) is 11.1. The van der Waals surface area contributed by atoms with Gasteiger partial charge in [0.15, 0.2) is 0 Å². The fourth-order valence-corrected chi connectivity index (χ4v) is 4.84. The number of halogens is 1. The van der Waals surface area contributed by atoms with Crippen LogP contribution in [-0.2, 0) is 10.0 Å². The summed E-state index contributed by atoms with van der Waals surface area (Å²) in [5, 5.41) is 2.96. The Balaban J connectivity index is 2.17. The second kappa shape index (κ2) is 8.64. The minimum atomic E-state index is -3.53. The summed E-state index contributed by atoms with van der Waals surface area (Å²) in [5.41, 5.74) is 0.358. The third-order valence-electron chi connectivity index (χ3n) is 4.44. The van der Waals surface area contributed by atoms with E-state index in [-0.39, 0.29) is 16.8 Å². The number of hydrogen-bond donors (Lipinski definition) is 1. The van der Waals surface area contributed by atoms with Gasteiger partial charge in [-0.25, -0.2) is 8.42 Å². The molecule has 0 aromatic heterocycles. The molecule has 1 atom stereocenters. The maximum absolute atomic E-state index is 12.7. The quantitative estimate of drug-likeness (QED) is 0.715. The molecule has 1 unspecified atom stereocenters. The number of benzene rings is 1. The van der Waals surface area contributed by atoms with Crippen LogP contribution in [0.15, 0.2) is 27.6 Å². The summed E-state index contributed by atoms with van der Waals surface area (Å²) in [6.45, 7) is 7.37. The summed E-state index contributed by atoms with van der Waals surface area (Å²) in [7, 11) is -3.53. The van der Waals surface area contributed by atoms with Crippen molar-refractivity contribution < 1.29 is 13.2 Å². The molecule has 1 fully saturated rings. The van der Waals surface area contributed by atoms with Gasteiger partial charge in [0.1, 0.15) is 0 Å². The van der Waals surface area contributed by atoms with Crippen molar-refractivity contribution in [2.24, 2.45) is 5.92 Å². The molecule has 5 nitrogen and oxygen atoms in total. The molecule has 1 aromatic carbocycles. The molecule has 2 rings (SSSR count). The second-order valence-corrected chi connectivity index (χ2v) is 9.89. The van der Waals surface area contributed by atoms with E-state index >= 15 is 0 Å². The highest BCUT2D eigenvalue weighted by molar-refractivity contribution is 9.10. The van der Waals surface area contributed by atoms with Gasteiger partial charge in [-0.1, -0.05) is 13.8 Å². The highest BCUT2D eigenvalue weighted by atomic mass is 79.9. The van der Waals surface area contributed by atoms with Crippen LogP contribution in [0.4, 0.5) is 0 Å². The fourth-order valence-electron chi connectivity index (χ4n) is 2.87. The summed E-state index contributed by atoms with van der Waals surface area (Å²) in [5.74, 6) is 0.335. The first kappa shape index (κ1) is 20.4. The number of carbonyl (C=O) groups is 1. The minimum Gasteiger partial charge on any atom is -0.350 e. The molecule has 0 saturated carbocycles. The summed E-state index contributed by atoms with van der Waals surface area (Å²) in [4.78, 5) is 12.7. The summed E-state index contributed by atoms with van der Waals surface area (Å²) < 4.78 is 27.5. The van der Waals surface area contributed by atoms with Gasteiger partial charge in [-0.15, -0.1) is 0 Å². The van der Waals surface area contributed by atoms with Gasteiger partial charge < -0.3 is 5.32 Å². The molecule has 1 aromatic rings. The molecule has 1 aliphatic rings. The number of amides is 1. The number of sulfonamides is 1. The van der Waals surface area contributed by atoms with E-state index in [9.17, 15) is 13.2 Å². The van der Waals surface area contributed by atoms with Crippen molar-refractivity contribution in [1.82, 2.24) is 9.62 Å². The van der Waals surface area contributed by atoms with Crippen LogP contribution >= 0.6 is 15.9 Å². The Morgan fingerprint density at radius 3 is 2.44 bits per heavy atom. The molecule has 0 aliphatic carbocycles. The van der Waals surface area contributed by atoms with Crippen LogP contribution in [0.3, 0.4) is 0 Å². The van der Waals surface area contributed by atoms with E-state index in [1.54, 1.807) is 12.1 Å². The molecule has 0 bridgehead atoms. The topological polar surface area (TPSA) is 66.5 Å². The van der Waals surface area contributed by atoms with Crippen molar-refractivity contribution in [3.63, 3.8) is 0 Å². The Bertz CT molecular complexity index is 713. The monoisotopic (exact) mass is 430 g/mol. The van der Waals surface area contributed by atoms with Crippen LogP contribution in [0.5, 0.6) is 0 Å². The van der Waals surface area contributed by atoms with Gasteiger partial charge in [0.25, 0.3) is 5.91 Å². The molecule has 1 amide bonds. The number of carbonyl (C=O) groups excluding carboxylic acids is 1. The summed E-state index contributed by atoms with van der Waals surface area (Å²) >= 11 is 3.36. The van der Waals surface area contributed by atoms with Gasteiger partial charge in [0.05, 0.1) is 10.5 Å². The van der Waals surface area contributed by atoms with Gasteiger partial charge in [-0.3, -0.25) is 4.79 Å².